The van der Waals surface area contributed by atoms with Crippen LogP contribution in [0.2, 0.25) is 0 Å². The fourth-order valence-corrected chi connectivity index (χ4v) is 4.26. The zero-order valence-corrected chi connectivity index (χ0v) is 16.6. The molecule has 5 heteroatoms. The number of nitrogens with one attached hydrogen (secondary N) is 1. The van der Waals surface area contributed by atoms with Gasteiger partial charge in [-0.05, 0) is 39.2 Å². The van der Waals surface area contributed by atoms with E-state index in [-0.39, 0.29) is 17.9 Å². The van der Waals surface area contributed by atoms with Gasteiger partial charge in [0.2, 0.25) is 11.8 Å². The Morgan fingerprint density at radius 1 is 1.22 bits per heavy atom. The molecule has 1 saturated carbocycles. The molecule has 1 aliphatic heterocycles. The number of ether oxygens (including phenoxy) is 1. The van der Waals surface area contributed by atoms with Gasteiger partial charge < -0.3 is 15.0 Å². The van der Waals surface area contributed by atoms with Crippen molar-refractivity contribution in [2.75, 3.05) is 6.61 Å². The van der Waals surface area contributed by atoms with Gasteiger partial charge in [0.25, 0.3) is 0 Å². The van der Waals surface area contributed by atoms with E-state index in [2.05, 4.69) is 5.32 Å². The molecular weight excluding hydrogens is 340 g/mol. The summed E-state index contributed by atoms with van der Waals surface area (Å²) in [4.78, 5) is 27.5. The fourth-order valence-electron chi connectivity index (χ4n) is 4.26. The summed E-state index contributed by atoms with van der Waals surface area (Å²) < 4.78 is 5.71. The highest BCUT2D eigenvalue weighted by molar-refractivity contribution is 5.94. The molecule has 1 aromatic rings. The van der Waals surface area contributed by atoms with E-state index in [1.807, 2.05) is 38.1 Å². The summed E-state index contributed by atoms with van der Waals surface area (Å²) >= 11 is 0. The predicted octanol–water partition coefficient (Wildman–Crippen LogP) is 3.81. The third-order valence-corrected chi connectivity index (χ3v) is 6.00. The quantitative estimate of drug-likeness (QED) is 0.773. The molecule has 0 unspecified atom stereocenters. The molecule has 2 amide bonds. The van der Waals surface area contributed by atoms with Gasteiger partial charge >= 0.3 is 0 Å². The molecule has 148 valence electrons. The third-order valence-electron chi connectivity index (χ3n) is 6.00. The molecule has 0 radical (unpaired) electrons. The lowest BCUT2D eigenvalue weighted by Crippen LogP contribution is -2.56. The van der Waals surface area contributed by atoms with Crippen LogP contribution in [-0.2, 0) is 16.1 Å². The summed E-state index contributed by atoms with van der Waals surface area (Å²) in [6, 6.07) is 8.01. The van der Waals surface area contributed by atoms with Crippen molar-refractivity contribution < 1.29 is 14.3 Å². The molecule has 0 bridgehead atoms. The number of carbonyl (C=O) groups excluding carboxylic acids is 2. The molecule has 5 nitrogen and oxygen atoms in total. The number of hydrogen-bond acceptors (Lipinski definition) is 3. The van der Waals surface area contributed by atoms with Crippen molar-refractivity contribution in [2.24, 2.45) is 0 Å². The first-order valence-corrected chi connectivity index (χ1v) is 10.4. The van der Waals surface area contributed by atoms with Crippen molar-refractivity contribution in [3.8, 4) is 5.75 Å². The molecule has 1 saturated heterocycles. The zero-order valence-electron chi connectivity index (χ0n) is 16.6. The summed E-state index contributed by atoms with van der Waals surface area (Å²) in [7, 11) is 0. The lowest BCUT2D eigenvalue weighted by molar-refractivity contribution is -0.141. The van der Waals surface area contributed by atoms with Crippen LogP contribution in [0, 0.1) is 0 Å². The van der Waals surface area contributed by atoms with Crippen LogP contribution in [0.3, 0.4) is 0 Å². The topological polar surface area (TPSA) is 58.6 Å². The molecule has 2 fully saturated rings. The number of para-hydroxylation sites is 1. The zero-order chi connectivity index (χ0) is 19.3. The molecule has 1 N–H and O–H groups in total. The Hall–Kier alpha value is -2.04. The van der Waals surface area contributed by atoms with Crippen molar-refractivity contribution in [2.45, 2.75) is 83.3 Å². The van der Waals surface area contributed by atoms with Crippen LogP contribution in [0.4, 0.5) is 0 Å². The molecule has 3 rings (SSSR count). The van der Waals surface area contributed by atoms with E-state index < -0.39 is 5.54 Å². The monoisotopic (exact) mass is 372 g/mol. The van der Waals surface area contributed by atoms with Gasteiger partial charge in [-0.1, -0.05) is 43.9 Å². The Morgan fingerprint density at radius 3 is 2.63 bits per heavy atom. The Bertz CT molecular complexity index is 667. The molecule has 1 aromatic carbocycles. The summed E-state index contributed by atoms with van der Waals surface area (Å²) in [6.45, 7) is 4.84. The van der Waals surface area contributed by atoms with E-state index in [4.69, 9.17) is 4.74 Å². The van der Waals surface area contributed by atoms with Crippen LogP contribution in [-0.4, -0.2) is 34.9 Å². The predicted molar refractivity (Wildman–Crippen MR) is 105 cm³/mol. The van der Waals surface area contributed by atoms with Crippen LogP contribution in [0.5, 0.6) is 5.75 Å². The van der Waals surface area contributed by atoms with E-state index >= 15 is 0 Å². The van der Waals surface area contributed by atoms with Crippen molar-refractivity contribution in [3.63, 3.8) is 0 Å². The van der Waals surface area contributed by atoms with Crippen molar-refractivity contribution >= 4 is 11.8 Å². The lowest BCUT2D eigenvalue weighted by Gasteiger charge is -2.35. The Labute approximate surface area is 162 Å². The smallest absolute Gasteiger partial charge is 0.245 e. The van der Waals surface area contributed by atoms with E-state index in [1.54, 1.807) is 4.90 Å². The highest BCUT2D eigenvalue weighted by atomic mass is 16.5. The second kappa shape index (κ2) is 8.77. The van der Waals surface area contributed by atoms with Crippen LogP contribution in [0.25, 0.3) is 0 Å². The first kappa shape index (κ1) is 19.7. The first-order valence-electron chi connectivity index (χ1n) is 10.4. The van der Waals surface area contributed by atoms with Gasteiger partial charge in [-0.15, -0.1) is 0 Å². The second-order valence-corrected chi connectivity index (χ2v) is 7.96. The minimum Gasteiger partial charge on any atom is -0.494 e. The Kier molecular flexibility index (Phi) is 6.40. The van der Waals surface area contributed by atoms with Gasteiger partial charge in [-0.2, -0.15) is 0 Å². The van der Waals surface area contributed by atoms with Crippen LogP contribution in [0.1, 0.15) is 70.8 Å². The van der Waals surface area contributed by atoms with Gasteiger partial charge in [0.15, 0.2) is 0 Å². The third kappa shape index (κ3) is 4.45. The number of benzene rings is 1. The lowest BCUT2D eigenvalue weighted by atomic mass is 9.95. The highest BCUT2D eigenvalue weighted by Crippen LogP contribution is 2.34. The fraction of sp³-hybridized carbons (Fsp3) is 0.636. The van der Waals surface area contributed by atoms with E-state index in [9.17, 15) is 9.59 Å². The van der Waals surface area contributed by atoms with Crippen LogP contribution >= 0.6 is 0 Å². The molecule has 0 spiro atoms. The minimum atomic E-state index is -0.789. The SMILES string of the molecule is CCOc1ccccc1CN1C(=O)CC[C@]1(C)C(=O)NC1CCCCCC1. The van der Waals surface area contributed by atoms with E-state index in [1.165, 1.54) is 25.7 Å². The van der Waals surface area contributed by atoms with Gasteiger partial charge in [-0.25, -0.2) is 0 Å². The summed E-state index contributed by atoms with van der Waals surface area (Å²) in [5, 5.41) is 3.25. The van der Waals surface area contributed by atoms with Crippen molar-refractivity contribution in [1.82, 2.24) is 10.2 Å². The normalized spacial score (nSPS) is 23.9. The van der Waals surface area contributed by atoms with Crippen molar-refractivity contribution in [3.05, 3.63) is 29.8 Å². The average molecular weight is 373 g/mol. The summed E-state index contributed by atoms with van der Waals surface area (Å²) in [6.07, 6.45) is 7.93. The van der Waals surface area contributed by atoms with E-state index in [0.29, 0.717) is 26.0 Å². The number of amides is 2. The molecule has 1 atom stereocenters. The Balaban J connectivity index is 1.75. The number of hydrogen-bond donors (Lipinski definition) is 1. The largest absolute Gasteiger partial charge is 0.494 e. The number of nitrogens with zero attached hydrogens (tertiary/aromatic N) is 1. The maximum Gasteiger partial charge on any atom is 0.245 e. The van der Waals surface area contributed by atoms with Crippen LogP contribution < -0.4 is 10.1 Å². The summed E-state index contributed by atoms with van der Waals surface area (Å²) in [5.74, 6) is 0.820. The average Bonchev–Trinajstić information content (AvgIpc) is 2.83. The molecule has 1 heterocycles. The molecular formula is C22H32N2O3. The standard InChI is InChI=1S/C22H32N2O3/c1-3-27-19-13-9-8-10-17(19)16-24-20(25)14-15-22(24,2)21(26)23-18-11-6-4-5-7-12-18/h8-10,13,18H,3-7,11-12,14-16H2,1-2H3,(H,23,26)/t22-/m1/s1. The number of likely N-dealkylation sites (tertiary alicyclic amines) is 1. The maximum atomic E-state index is 13.2. The second-order valence-electron chi connectivity index (χ2n) is 7.96. The summed E-state index contributed by atoms with van der Waals surface area (Å²) in [5.41, 5.74) is 0.158. The number of carbonyl (C=O) groups is 2. The maximum absolute atomic E-state index is 13.2. The molecule has 1 aliphatic carbocycles. The Morgan fingerprint density at radius 2 is 1.93 bits per heavy atom. The van der Waals surface area contributed by atoms with Gasteiger partial charge in [0, 0.05) is 18.0 Å². The van der Waals surface area contributed by atoms with E-state index in [0.717, 1.165) is 24.2 Å². The minimum absolute atomic E-state index is 0.00542. The molecule has 27 heavy (non-hydrogen) atoms. The highest BCUT2D eigenvalue weighted by Gasteiger charge is 2.47. The molecule has 0 aromatic heterocycles. The van der Waals surface area contributed by atoms with Crippen molar-refractivity contribution in [1.29, 1.82) is 0 Å². The molecule has 2 aliphatic rings. The first-order chi connectivity index (χ1) is 13.0. The van der Waals surface area contributed by atoms with Gasteiger partial charge in [0.05, 0.1) is 13.2 Å². The van der Waals surface area contributed by atoms with Gasteiger partial charge in [0.1, 0.15) is 11.3 Å². The van der Waals surface area contributed by atoms with Crippen LogP contribution in [0.15, 0.2) is 24.3 Å². The number of rotatable bonds is 6. The van der Waals surface area contributed by atoms with Gasteiger partial charge in [-0.3, -0.25) is 9.59 Å².